The summed E-state index contributed by atoms with van der Waals surface area (Å²) in [7, 11) is 1.72. The summed E-state index contributed by atoms with van der Waals surface area (Å²) in [4.78, 5) is 8.39. The van der Waals surface area contributed by atoms with Crippen LogP contribution in [0.4, 0.5) is 4.39 Å². The Morgan fingerprint density at radius 3 is 2.60 bits per heavy atom. The molecule has 0 aliphatic carbocycles. The van der Waals surface area contributed by atoms with E-state index in [4.69, 9.17) is 9.47 Å². The molecule has 0 saturated carbocycles. The molecule has 0 radical (unpaired) electrons. The minimum absolute atomic E-state index is 0.301. The third kappa shape index (κ3) is 6.76. The summed E-state index contributed by atoms with van der Waals surface area (Å²) < 4.78 is 23.7. The van der Waals surface area contributed by atoms with Gasteiger partial charge in [-0.3, -0.25) is 4.99 Å². The lowest BCUT2D eigenvalue weighted by molar-refractivity contribution is 0.152. The number of pyridine rings is 1. The maximum Gasteiger partial charge on any atom is 0.219 e. The summed E-state index contributed by atoms with van der Waals surface area (Å²) in [6.07, 6.45) is 1.72. The Bertz CT molecular complexity index is 660. The van der Waals surface area contributed by atoms with Gasteiger partial charge in [-0.15, -0.1) is 0 Å². The Hall–Kier alpha value is -2.67. The first-order valence-electron chi connectivity index (χ1n) is 8.12. The van der Waals surface area contributed by atoms with E-state index in [0.29, 0.717) is 43.9 Å². The number of rotatable bonds is 8. The second-order valence-electron chi connectivity index (χ2n) is 5.11. The van der Waals surface area contributed by atoms with Gasteiger partial charge in [0, 0.05) is 39.0 Å². The van der Waals surface area contributed by atoms with Gasteiger partial charge in [0.1, 0.15) is 11.6 Å². The van der Waals surface area contributed by atoms with Gasteiger partial charge in [-0.1, -0.05) is 6.07 Å². The van der Waals surface area contributed by atoms with Gasteiger partial charge in [-0.2, -0.15) is 0 Å². The van der Waals surface area contributed by atoms with Gasteiger partial charge in [0.2, 0.25) is 5.88 Å². The Balaban J connectivity index is 1.80. The van der Waals surface area contributed by atoms with Crippen molar-refractivity contribution in [1.29, 1.82) is 0 Å². The van der Waals surface area contributed by atoms with Crippen LogP contribution in [0, 0.1) is 5.82 Å². The molecule has 0 spiro atoms. The van der Waals surface area contributed by atoms with Gasteiger partial charge >= 0.3 is 0 Å². The van der Waals surface area contributed by atoms with Crippen LogP contribution in [0.15, 0.2) is 47.6 Å². The first-order valence-corrected chi connectivity index (χ1v) is 8.12. The minimum atomic E-state index is -0.301. The number of ether oxygens (including phenoxy) is 2. The van der Waals surface area contributed by atoms with Crippen molar-refractivity contribution in [3.63, 3.8) is 0 Å². The molecule has 2 N–H and O–H groups in total. The van der Waals surface area contributed by atoms with Gasteiger partial charge in [-0.25, -0.2) is 9.37 Å². The van der Waals surface area contributed by atoms with E-state index in [-0.39, 0.29) is 5.82 Å². The first-order chi connectivity index (χ1) is 12.2. The van der Waals surface area contributed by atoms with Gasteiger partial charge in [0.25, 0.3) is 0 Å². The van der Waals surface area contributed by atoms with E-state index in [0.717, 1.165) is 5.56 Å². The van der Waals surface area contributed by atoms with Crippen molar-refractivity contribution in [1.82, 2.24) is 15.6 Å². The smallest absolute Gasteiger partial charge is 0.219 e. The molecule has 6 nitrogen and oxygen atoms in total. The van der Waals surface area contributed by atoms with Gasteiger partial charge < -0.3 is 20.1 Å². The third-order valence-corrected chi connectivity index (χ3v) is 3.26. The molecule has 0 amide bonds. The van der Waals surface area contributed by atoms with Crippen LogP contribution in [0.2, 0.25) is 0 Å². The number of aliphatic imine (C=N–C) groups is 1. The third-order valence-electron chi connectivity index (χ3n) is 3.26. The van der Waals surface area contributed by atoms with Crippen LogP contribution in [0.5, 0.6) is 11.6 Å². The molecule has 2 rings (SSSR count). The zero-order chi connectivity index (χ0) is 17.9. The maximum atomic E-state index is 12.9. The molecule has 0 aliphatic rings. The van der Waals surface area contributed by atoms with Gasteiger partial charge in [0.15, 0.2) is 5.96 Å². The predicted octanol–water partition coefficient (Wildman–Crippen LogP) is 2.71. The van der Waals surface area contributed by atoms with Crippen LogP contribution in [0.1, 0.15) is 12.5 Å². The lowest BCUT2D eigenvalue weighted by Crippen LogP contribution is -2.38. The second kappa shape index (κ2) is 10.2. The van der Waals surface area contributed by atoms with Crippen LogP contribution in [-0.4, -0.2) is 37.7 Å². The molecule has 134 valence electrons. The molecule has 0 unspecified atom stereocenters. The lowest BCUT2D eigenvalue weighted by Gasteiger charge is -2.12. The van der Waals surface area contributed by atoms with Gasteiger partial charge in [0.05, 0.1) is 6.61 Å². The number of guanidine groups is 1. The quantitative estimate of drug-likeness (QED) is 0.437. The molecule has 1 heterocycles. The van der Waals surface area contributed by atoms with E-state index in [1.165, 1.54) is 12.1 Å². The van der Waals surface area contributed by atoms with E-state index in [9.17, 15) is 4.39 Å². The molecule has 0 aliphatic heterocycles. The van der Waals surface area contributed by atoms with Crippen molar-refractivity contribution in [2.75, 3.05) is 26.8 Å². The monoisotopic (exact) mass is 346 g/mol. The van der Waals surface area contributed by atoms with Crippen LogP contribution < -0.4 is 15.4 Å². The Kier molecular flexibility index (Phi) is 7.65. The number of aromatic nitrogens is 1. The zero-order valence-electron chi connectivity index (χ0n) is 14.5. The number of hydrogen-bond acceptors (Lipinski definition) is 4. The summed E-state index contributed by atoms with van der Waals surface area (Å²) in [6.45, 7) is 4.57. The maximum absolute atomic E-state index is 12.9. The molecule has 7 heteroatoms. The first kappa shape index (κ1) is 18.7. The number of benzene rings is 1. The van der Waals surface area contributed by atoms with Crippen LogP contribution >= 0.6 is 0 Å². The van der Waals surface area contributed by atoms with Crippen molar-refractivity contribution < 1.29 is 13.9 Å². The highest BCUT2D eigenvalue weighted by atomic mass is 19.1. The van der Waals surface area contributed by atoms with Crippen molar-refractivity contribution in [2.24, 2.45) is 4.99 Å². The molecule has 1 aromatic carbocycles. The topological polar surface area (TPSA) is 67.8 Å². The van der Waals surface area contributed by atoms with E-state index >= 15 is 0 Å². The SMILES string of the molecule is CCOCCNC(=NC)NCc1ccc(Oc2ccc(F)cc2)nc1. The standard InChI is InChI=1S/C18H23FN4O2/c1-3-24-11-10-21-18(20-2)23-13-14-4-9-17(22-12-14)25-16-7-5-15(19)6-8-16/h4-9,12H,3,10-11,13H2,1-2H3,(H2,20,21,23). The lowest BCUT2D eigenvalue weighted by atomic mass is 10.3. The molecule has 1 aromatic heterocycles. The number of nitrogens with one attached hydrogen (secondary N) is 2. The highest BCUT2D eigenvalue weighted by molar-refractivity contribution is 5.79. The van der Waals surface area contributed by atoms with Gasteiger partial charge in [-0.05, 0) is 36.8 Å². The Labute approximate surface area is 147 Å². The fourth-order valence-electron chi connectivity index (χ4n) is 1.99. The molecule has 0 bridgehead atoms. The average Bonchev–Trinajstić information content (AvgIpc) is 2.64. The predicted molar refractivity (Wildman–Crippen MR) is 95.4 cm³/mol. The van der Waals surface area contributed by atoms with Crippen molar-refractivity contribution in [2.45, 2.75) is 13.5 Å². The van der Waals surface area contributed by atoms with Crippen molar-refractivity contribution in [3.05, 3.63) is 54.0 Å². The molecular weight excluding hydrogens is 323 g/mol. The van der Waals surface area contributed by atoms with Crippen molar-refractivity contribution in [3.8, 4) is 11.6 Å². The number of hydrogen-bond donors (Lipinski definition) is 2. The number of nitrogens with zero attached hydrogens (tertiary/aromatic N) is 2. The summed E-state index contributed by atoms with van der Waals surface area (Å²) >= 11 is 0. The van der Waals surface area contributed by atoms with Crippen LogP contribution in [-0.2, 0) is 11.3 Å². The van der Waals surface area contributed by atoms with E-state index in [1.54, 1.807) is 31.4 Å². The summed E-state index contributed by atoms with van der Waals surface area (Å²) in [5.41, 5.74) is 0.985. The molecule has 2 aromatic rings. The second-order valence-corrected chi connectivity index (χ2v) is 5.11. The minimum Gasteiger partial charge on any atom is -0.439 e. The molecule has 25 heavy (non-hydrogen) atoms. The van der Waals surface area contributed by atoms with Crippen LogP contribution in [0.3, 0.4) is 0 Å². The van der Waals surface area contributed by atoms with Crippen LogP contribution in [0.25, 0.3) is 0 Å². The molecule has 0 atom stereocenters. The molecular formula is C18H23FN4O2. The largest absolute Gasteiger partial charge is 0.439 e. The summed E-state index contributed by atoms with van der Waals surface area (Å²) in [5, 5.41) is 6.36. The van der Waals surface area contributed by atoms with Crippen molar-refractivity contribution >= 4 is 5.96 Å². The Morgan fingerprint density at radius 1 is 1.16 bits per heavy atom. The number of halogens is 1. The fraction of sp³-hybridized carbons (Fsp3) is 0.333. The average molecular weight is 346 g/mol. The fourth-order valence-corrected chi connectivity index (χ4v) is 1.99. The molecule has 0 saturated heterocycles. The zero-order valence-corrected chi connectivity index (χ0v) is 14.5. The van der Waals surface area contributed by atoms with E-state index in [1.807, 2.05) is 13.0 Å². The highest BCUT2D eigenvalue weighted by Gasteiger charge is 2.02. The normalized spacial score (nSPS) is 11.2. The highest BCUT2D eigenvalue weighted by Crippen LogP contribution is 2.19. The summed E-state index contributed by atoms with van der Waals surface area (Å²) in [6, 6.07) is 9.49. The Morgan fingerprint density at radius 2 is 1.96 bits per heavy atom. The van der Waals surface area contributed by atoms with E-state index in [2.05, 4.69) is 20.6 Å². The van der Waals surface area contributed by atoms with E-state index < -0.39 is 0 Å². The summed E-state index contributed by atoms with van der Waals surface area (Å²) in [5.74, 6) is 1.39. The molecule has 0 fully saturated rings.